The molecule has 2 nitrogen and oxygen atoms in total. The lowest BCUT2D eigenvalue weighted by Gasteiger charge is -2.08. The summed E-state index contributed by atoms with van der Waals surface area (Å²) in [5.74, 6) is 0.725. The minimum Gasteiger partial charge on any atom is -0.349 e. The van der Waals surface area contributed by atoms with Crippen LogP contribution in [0.15, 0.2) is 18.2 Å². The Morgan fingerprint density at radius 2 is 2.20 bits per heavy atom. The first-order valence-electron chi connectivity index (χ1n) is 5.15. The number of hydrogen-bond acceptors (Lipinski definition) is 1. The Morgan fingerprint density at radius 1 is 1.53 bits per heavy atom. The minimum atomic E-state index is 0.0758. The summed E-state index contributed by atoms with van der Waals surface area (Å²) < 4.78 is 1.03. The monoisotopic (exact) mass is 315 g/mol. The highest BCUT2D eigenvalue weighted by Gasteiger charge is 2.34. The Kier molecular flexibility index (Phi) is 3.00. The summed E-state index contributed by atoms with van der Waals surface area (Å²) in [7, 11) is 0. The van der Waals surface area contributed by atoms with Crippen LogP contribution < -0.4 is 5.32 Å². The highest BCUT2D eigenvalue weighted by atomic mass is 127. The van der Waals surface area contributed by atoms with Gasteiger partial charge in [-0.15, -0.1) is 0 Å². The summed E-state index contributed by atoms with van der Waals surface area (Å²) in [5, 5.41) is 3.06. The predicted molar refractivity (Wildman–Crippen MR) is 68.9 cm³/mol. The van der Waals surface area contributed by atoms with E-state index in [4.69, 9.17) is 0 Å². The number of rotatable bonds is 2. The van der Waals surface area contributed by atoms with Gasteiger partial charge in [-0.2, -0.15) is 0 Å². The Labute approximate surface area is 104 Å². The first-order chi connectivity index (χ1) is 7.09. The van der Waals surface area contributed by atoms with Gasteiger partial charge >= 0.3 is 0 Å². The largest absolute Gasteiger partial charge is 0.349 e. The van der Waals surface area contributed by atoms with E-state index in [9.17, 15) is 4.79 Å². The molecule has 0 unspecified atom stereocenters. The van der Waals surface area contributed by atoms with Gasteiger partial charge in [-0.05, 0) is 53.5 Å². The maximum absolute atomic E-state index is 12.0. The second-order valence-electron chi connectivity index (χ2n) is 4.22. The molecule has 0 radical (unpaired) electrons. The van der Waals surface area contributed by atoms with Crippen molar-refractivity contribution in [2.45, 2.75) is 26.3 Å². The predicted octanol–water partition coefficient (Wildman–Crippen LogP) is 2.74. The van der Waals surface area contributed by atoms with Gasteiger partial charge < -0.3 is 5.32 Å². The molecule has 1 aliphatic carbocycles. The molecule has 80 valence electrons. The van der Waals surface area contributed by atoms with Crippen molar-refractivity contribution in [3.05, 3.63) is 32.9 Å². The molecule has 1 aromatic rings. The zero-order valence-corrected chi connectivity index (χ0v) is 11.0. The minimum absolute atomic E-state index is 0.0758. The van der Waals surface area contributed by atoms with Gasteiger partial charge in [0.1, 0.15) is 0 Å². The molecular formula is C12H14INO. The van der Waals surface area contributed by atoms with E-state index in [1.54, 1.807) is 0 Å². The summed E-state index contributed by atoms with van der Waals surface area (Å²) in [4.78, 5) is 12.0. The van der Waals surface area contributed by atoms with Crippen molar-refractivity contribution >= 4 is 28.5 Å². The molecule has 0 saturated heterocycles. The molecule has 0 bridgehead atoms. The summed E-state index contributed by atoms with van der Waals surface area (Å²) in [5.41, 5.74) is 1.88. The topological polar surface area (TPSA) is 29.1 Å². The highest BCUT2D eigenvalue weighted by molar-refractivity contribution is 14.1. The van der Waals surface area contributed by atoms with Crippen molar-refractivity contribution in [1.82, 2.24) is 5.32 Å². The van der Waals surface area contributed by atoms with Gasteiger partial charge in [-0.25, -0.2) is 0 Å². The van der Waals surface area contributed by atoms with Crippen LogP contribution in [0.1, 0.15) is 29.3 Å². The van der Waals surface area contributed by atoms with Gasteiger partial charge in [0, 0.05) is 9.61 Å². The van der Waals surface area contributed by atoms with E-state index in [-0.39, 0.29) is 5.91 Å². The van der Waals surface area contributed by atoms with Crippen molar-refractivity contribution in [3.63, 3.8) is 0 Å². The quantitative estimate of drug-likeness (QED) is 0.836. The van der Waals surface area contributed by atoms with Crippen molar-refractivity contribution in [3.8, 4) is 0 Å². The fourth-order valence-corrected chi connectivity index (χ4v) is 2.56. The highest BCUT2D eigenvalue weighted by Crippen LogP contribution is 2.29. The van der Waals surface area contributed by atoms with Crippen LogP contribution in [0.4, 0.5) is 0 Å². The molecule has 1 amide bonds. The third-order valence-electron chi connectivity index (χ3n) is 2.87. The molecule has 1 aliphatic rings. The molecule has 0 aromatic heterocycles. The second kappa shape index (κ2) is 4.12. The number of benzene rings is 1. The van der Waals surface area contributed by atoms with Crippen LogP contribution in [0.3, 0.4) is 0 Å². The first-order valence-corrected chi connectivity index (χ1v) is 6.23. The average molecular weight is 315 g/mol. The molecular weight excluding hydrogens is 301 g/mol. The number of nitrogens with one attached hydrogen (secondary N) is 1. The smallest absolute Gasteiger partial charge is 0.252 e. The molecule has 2 atom stereocenters. The van der Waals surface area contributed by atoms with Crippen LogP contribution in [0.25, 0.3) is 0 Å². The third kappa shape index (κ3) is 2.33. The fraction of sp³-hybridized carbons (Fsp3) is 0.417. The number of halogens is 1. The van der Waals surface area contributed by atoms with Crippen LogP contribution >= 0.6 is 22.6 Å². The summed E-state index contributed by atoms with van der Waals surface area (Å²) in [6, 6.07) is 6.33. The van der Waals surface area contributed by atoms with Crippen LogP contribution in [0, 0.1) is 16.4 Å². The lowest BCUT2D eigenvalue weighted by Crippen LogP contribution is -2.28. The lowest BCUT2D eigenvalue weighted by atomic mass is 10.1. The van der Waals surface area contributed by atoms with E-state index < -0.39 is 0 Å². The van der Waals surface area contributed by atoms with E-state index in [1.165, 1.54) is 0 Å². The maximum Gasteiger partial charge on any atom is 0.252 e. The van der Waals surface area contributed by atoms with Gasteiger partial charge in [0.05, 0.1) is 5.56 Å². The standard InChI is InChI=1S/C12H14INO/c1-7-4-3-5-9(13)11(7)12(15)14-10-6-8(10)2/h3-5,8,10H,6H2,1-2H3,(H,14,15)/t8-,10+/m1/s1. The van der Waals surface area contributed by atoms with Crippen LogP contribution in [-0.4, -0.2) is 11.9 Å². The zero-order valence-electron chi connectivity index (χ0n) is 8.88. The van der Waals surface area contributed by atoms with E-state index in [2.05, 4.69) is 34.8 Å². The van der Waals surface area contributed by atoms with Gasteiger partial charge in [0.25, 0.3) is 5.91 Å². The zero-order chi connectivity index (χ0) is 11.0. The molecule has 3 heteroatoms. The SMILES string of the molecule is Cc1cccc(I)c1C(=O)N[C@H]1C[C@H]1C. The summed E-state index contributed by atoms with van der Waals surface area (Å²) in [6.45, 7) is 4.14. The van der Waals surface area contributed by atoms with Gasteiger partial charge in [-0.1, -0.05) is 19.1 Å². The van der Waals surface area contributed by atoms with E-state index in [0.29, 0.717) is 12.0 Å². The molecule has 1 aromatic carbocycles. The fourth-order valence-electron chi connectivity index (χ4n) is 1.68. The number of aryl methyl sites for hydroxylation is 1. The molecule has 1 N–H and O–H groups in total. The maximum atomic E-state index is 12.0. The second-order valence-corrected chi connectivity index (χ2v) is 5.39. The molecule has 1 saturated carbocycles. The number of carbonyl (C=O) groups is 1. The van der Waals surface area contributed by atoms with Gasteiger partial charge in [0.2, 0.25) is 0 Å². The Balaban J connectivity index is 2.17. The number of carbonyl (C=O) groups excluding carboxylic acids is 1. The molecule has 0 heterocycles. The van der Waals surface area contributed by atoms with E-state index in [1.807, 2.05) is 25.1 Å². The molecule has 1 fully saturated rings. The molecule has 0 aliphatic heterocycles. The molecule has 0 spiro atoms. The van der Waals surface area contributed by atoms with Gasteiger partial charge in [-0.3, -0.25) is 4.79 Å². The van der Waals surface area contributed by atoms with Crippen molar-refractivity contribution in [1.29, 1.82) is 0 Å². The van der Waals surface area contributed by atoms with Crippen LogP contribution in [0.2, 0.25) is 0 Å². The average Bonchev–Trinajstić information content (AvgIpc) is 2.81. The number of amides is 1. The van der Waals surface area contributed by atoms with Crippen LogP contribution in [0.5, 0.6) is 0 Å². The van der Waals surface area contributed by atoms with E-state index >= 15 is 0 Å². The summed E-state index contributed by atoms with van der Waals surface area (Å²) >= 11 is 2.21. The lowest BCUT2D eigenvalue weighted by molar-refractivity contribution is 0.0948. The Bertz CT molecular complexity index is 382. The summed E-state index contributed by atoms with van der Waals surface area (Å²) in [6.07, 6.45) is 1.12. The van der Waals surface area contributed by atoms with Crippen LogP contribution in [-0.2, 0) is 0 Å². The Morgan fingerprint density at radius 3 is 2.73 bits per heavy atom. The van der Waals surface area contributed by atoms with Crippen molar-refractivity contribution in [2.24, 2.45) is 5.92 Å². The van der Waals surface area contributed by atoms with E-state index in [0.717, 1.165) is 21.1 Å². The molecule has 15 heavy (non-hydrogen) atoms. The Hall–Kier alpha value is -0.580. The third-order valence-corrected chi connectivity index (χ3v) is 3.77. The van der Waals surface area contributed by atoms with Gasteiger partial charge in [0.15, 0.2) is 0 Å². The number of hydrogen-bond donors (Lipinski definition) is 1. The van der Waals surface area contributed by atoms with Crippen molar-refractivity contribution in [2.75, 3.05) is 0 Å². The molecule has 2 rings (SSSR count). The first kappa shape index (κ1) is 10.9. The normalized spacial score (nSPS) is 23.7. The van der Waals surface area contributed by atoms with Crippen molar-refractivity contribution < 1.29 is 4.79 Å².